The van der Waals surface area contributed by atoms with Gasteiger partial charge in [0.05, 0.1) is 6.61 Å². The summed E-state index contributed by atoms with van der Waals surface area (Å²) in [6, 6.07) is 7.55. The van der Waals surface area contributed by atoms with Crippen molar-refractivity contribution in [1.29, 1.82) is 0 Å². The lowest BCUT2D eigenvalue weighted by Crippen LogP contribution is -2.14. The number of nitrogen functional groups attached to an aromatic ring is 1. The van der Waals surface area contributed by atoms with Gasteiger partial charge in [0.25, 0.3) is 0 Å². The molecule has 3 heteroatoms. The number of anilines is 1. The molecule has 2 rings (SSSR count). The lowest BCUT2D eigenvalue weighted by atomic mass is 9.90. The molecule has 1 fully saturated rings. The van der Waals surface area contributed by atoms with Crippen LogP contribution in [0.4, 0.5) is 5.69 Å². The van der Waals surface area contributed by atoms with E-state index in [0.717, 1.165) is 37.0 Å². The van der Waals surface area contributed by atoms with Crippen LogP contribution in [0.1, 0.15) is 38.5 Å². The van der Waals surface area contributed by atoms with Crippen molar-refractivity contribution in [2.24, 2.45) is 5.92 Å². The largest absolute Gasteiger partial charge is 0.493 e. The van der Waals surface area contributed by atoms with Crippen LogP contribution in [-0.4, -0.2) is 19.8 Å². The second-order valence-corrected chi connectivity index (χ2v) is 5.35. The maximum Gasteiger partial charge on any atom is 0.121 e. The van der Waals surface area contributed by atoms with Crippen LogP contribution in [0.15, 0.2) is 24.3 Å². The quantitative estimate of drug-likeness (QED) is 0.603. The van der Waals surface area contributed by atoms with Gasteiger partial charge in [-0.2, -0.15) is 0 Å². The van der Waals surface area contributed by atoms with Crippen molar-refractivity contribution < 1.29 is 9.47 Å². The second-order valence-electron chi connectivity index (χ2n) is 5.35. The van der Waals surface area contributed by atoms with Crippen molar-refractivity contribution in [2.45, 2.75) is 38.5 Å². The van der Waals surface area contributed by atoms with E-state index in [0.29, 0.717) is 6.61 Å². The molecular formula is C16H25NO2. The molecular weight excluding hydrogens is 238 g/mol. The van der Waals surface area contributed by atoms with Crippen LogP contribution in [-0.2, 0) is 4.74 Å². The van der Waals surface area contributed by atoms with Gasteiger partial charge in [0.15, 0.2) is 0 Å². The Morgan fingerprint density at radius 3 is 2.74 bits per heavy atom. The zero-order chi connectivity index (χ0) is 13.3. The molecule has 0 aliphatic heterocycles. The van der Waals surface area contributed by atoms with Gasteiger partial charge in [-0.3, -0.25) is 0 Å². The predicted octanol–water partition coefficient (Wildman–Crippen LogP) is 3.63. The number of hydrogen-bond acceptors (Lipinski definition) is 3. The van der Waals surface area contributed by atoms with Crippen LogP contribution >= 0.6 is 0 Å². The molecule has 0 unspecified atom stereocenters. The summed E-state index contributed by atoms with van der Waals surface area (Å²) in [5, 5.41) is 0. The highest BCUT2D eigenvalue weighted by atomic mass is 16.5. The van der Waals surface area contributed by atoms with Gasteiger partial charge in [0.2, 0.25) is 0 Å². The van der Waals surface area contributed by atoms with Crippen LogP contribution < -0.4 is 10.5 Å². The molecule has 2 N–H and O–H groups in total. The van der Waals surface area contributed by atoms with Crippen molar-refractivity contribution in [3.05, 3.63) is 24.3 Å². The van der Waals surface area contributed by atoms with Crippen molar-refractivity contribution in [3.63, 3.8) is 0 Å². The summed E-state index contributed by atoms with van der Waals surface area (Å²) in [4.78, 5) is 0. The topological polar surface area (TPSA) is 44.5 Å². The van der Waals surface area contributed by atoms with E-state index < -0.39 is 0 Å². The number of hydrogen-bond donors (Lipinski definition) is 1. The fourth-order valence-corrected chi connectivity index (χ4v) is 2.56. The predicted molar refractivity (Wildman–Crippen MR) is 78.4 cm³/mol. The SMILES string of the molecule is Nc1cccc(OCCCOCC2CCCCC2)c1. The first-order valence-electron chi connectivity index (χ1n) is 7.40. The lowest BCUT2D eigenvalue weighted by Gasteiger charge is -2.21. The van der Waals surface area contributed by atoms with E-state index in [1.807, 2.05) is 24.3 Å². The van der Waals surface area contributed by atoms with Crippen molar-refractivity contribution in [1.82, 2.24) is 0 Å². The highest BCUT2D eigenvalue weighted by Gasteiger charge is 2.12. The molecule has 1 aromatic carbocycles. The Kier molecular flexibility index (Phi) is 6.02. The zero-order valence-corrected chi connectivity index (χ0v) is 11.6. The molecule has 0 amide bonds. The summed E-state index contributed by atoms with van der Waals surface area (Å²) >= 11 is 0. The first-order chi connectivity index (χ1) is 9.34. The molecule has 0 saturated heterocycles. The van der Waals surface area contributed by atoms with E-state index in [2.05, 4.69) is 0 Å². The average Bonchev–Trinajstić information content (AvgIpc) is 2.44. The molecule has 1 aliphatic carbocycles. The van der Waals surface area contributed by atoms with Crippen molar-refractivity contribution >= 4 is 5.69 Å². The summed E-state index contributed by atoms with van der Waals surface area (Å²) in [5.41, 5.74) is 6.43. The molecule has 106 valence electrons. The fraction of sp³-hybridized carbons (Fsp3) is 0.625. The van der Waals surface area contributed by atoms with E-state index in [1.54, 1.807) is 0 Å². The van der Waals surface area contributed by atoms with E-state index >= 15 is 0 Å². The summed E-state index contributed by atoms with van der Waals surface area (Å²) in [6.45, 7) is 2.41. The van der Waals surface area contributed by atoms with Crippen molar-refractivity contribution in [3.8, 4) is 5.75 Å². The van der Waals surface area contributed by atoms with E-state index in [9.17, 15) is 0 Å². The van der Waals surface area contributed by atoms with Crippen LogP contribution in [0, 0.1) is 5.92 Å². The Bertz CT molecular complexity index is 362. The Balaban J connectivity index is 1.50. The minimum Gasteiger partial charge on any atom is -0.493 e. The molecule has 0 heterocycles. The Morgan fingerprint density at radius 2 is 1.95 bits per heavy atom. The minimum absolute atomic E-state index is 0.689. The average molecular weight is 263 g/mol. The van der Waals surface area contributed by atoms with E-state index in [1.165, 1.54) is 32.1 Å². The highest BCUT2D eigenvalue weighted by molar-refractivity contribution is 5.43. The van der Waals surface area contributed by atoms with Crippen LogP contribution in [0.25, 0.3) is 0 Å². The zero-order valence-electron chi connectivity index (χ0n) is 11.6. The maximum absolute atomic E-state index is 5.73. The first-order valence-corrected chi connectivity index (χ1v) is 7.40. The summed E-state index contributed by atoms with van der Waals surface area (Å²) in [6.07, 6.45) is 7.80. The van der Waals surface area contributed by atoms with Crippen molar-refractivity contribution in [2.75, 3.05) is 25.6 Å². The Labute approximate surface area is 116 Å². The van der Waals surface area contributed by atoms with Gasteiger partial charge >= 0.3 is 0 Å². The van der Waals surface area contributed by atoms with Gasteiger partial charge in [0, 0.05) is 31.4 Å². The van der Waals surface area contributed by atoms with Gasteiger partial charge in [-0.1, -0.05) is 25.3 Å². The monoisotopic (exact) mass is 263 g/mol. The fourth-order valence-electron chi connectivity index (χ4n) is 2.56. The highest BCUT2D eigenvalue weighted by Crippen LogP contribution is 2.23. The number of benzene rings is 1. The van der Waals surface area contributed by atoms with Gasteiger partial charge in [-0.25, -0.2) is 0 Å². The van der Waals surface area contributed by atoms with Crippen LogP contribution in [0.5, 0.6) is 5.75 Å². The third-order valence-corrected chi connectivity index (χ3v) is 3.64. The molecule has 0 bridgehead atoms. The molecule has 1 saturated carbocycles. The smallest absolute Gasteiger partial charge is 0.121 e. The Morgan fingerprint density at radius 1 is 1.11 bits per heavy atom. The normalized spacial score (nSPS) is 16.4. The summed E-state index contributed by atoms with van der Waals surface area (Å²) in [5.74, 6) is 1.64. The molecule has 0 radical (unpaired) electrons. The summed E-state index contributed by atoms with van der Waals surface area (Å²) in [7, 11) is 0. The number of ether oxygens (including phenoxy) is 2. The first kappa shape index (κ1) is 14.2. The Hall–Kier alpha value is -1.22. The molecule has 0 aromatic heterocycles. The third-order valence-electron chi connectivity index (χ3n) is 3.64. The summed E-state index contributed by atoms with van der Waals surface area (Å²) < 4.78 is 11.3. The van der Waals surface area contributed by atoms with E-state index in [4.69, 9.17) is 15.2 Å². The molecule has 0 atom stereocenters. The molecule has 19 heavy (non-hydrogen) atoms. The number of nitrogens with two attached hydrogens (primary N) is 1. The molecule has 0 spiro atoms. The van der Waals surface area contributed by atoms with Gasteiger partial charge in [-0.15, -0.1) is 0 Å². The van der Waals surface area contributed by atoms with E-state index in [-0.39, 0.29) is 0 Å². The molecule has 1 aliphatic rings. The third kappa shape index (κ3) is 5.52. The van der Waals surface area contributed by atoms with Gasteiger partial charge in [0.1, 0.15) is 5.75 Å². The number of rotatable bonds is 7. The minimum atomic E-state index is 0.689. The standard InChI is InChI=1S/C16H25NO2/c17-15-8-4-9-16(12-15)19-11-5-10-18-13-14-6-2-1-3-7-14/h4,8-9,12,14H,1-3,5-7,10-11,13,17H2. The lowest BCUT2D eigenvalue weighted by molar-refractivity contribution is 0.0766. The molecule has 3 nitrogen and oxygen atoms in total. The van der Waals surface area contributed by atoms with Gasteiger partial charge < -0.3 is 15.2 Å². The molecule has 1 aromatic rings. The van der Waals surface area contributed by atoms with Gasteiger partial charge in [-0.05, 0) is 30.9 Å². The van der Waals surface area contributed by atoms with Crippen LogP contribution in [0.2, 0.25) is 0 Å². The second kappa shape index (κ2) is 8.05. The van der Waals surface area contributed by atoms with Crippen LogP contribution in [0.3, 0.4) is 0 Å². The maximum atomic E-state index is 5.73.